The molecule has 0 radical (unpaired) electrons. The van der Waals surface area contributed by atoms with Gasteiger partial charge in [-0.2, -0.15) is 0 Å². The summed E-state index contributed by atoms with van der Waals surface area (Å²) in [5, 5.41) is 0. The van der Waals surface area contributed by atoms with Gasteiger partial charge in [0.25, 0.3) is 0 Å². The van der Waals surface area contributed by atoms with Crippen molar-refractivity contribution >= 4 is 0 Å². The predicted molar refractivity (Wildman–Crippen MR) is 117 cm³/mol. The van der Waals surface area contributed by atoms with Crippen molar-refractivity contribution in [3.8, 4) is 11.1 Å². The second-order valence-electron chi connectivity index (χ2n) is 8.28. The van der Waals surface area contributed by atoms with Crippen LogP contribution in [0.25, 0.3) is 11.1 Å². The first-order valence-electron chi connectivity index (χ1n) is 10.3. The summed E-state index contributed by atoms with van der Waals surface area (Å²) in [5.74, 6) is 0.541. The van der Waals surface area contributed by atoms with Crippen molar-refractivity contribution in [1.82, 2.24) is 0 Å². The second-order valence-corrected chi connectivity index (χ2v) is 8.28. The van der Waals surface area contributed by atoms with E-state index in [0.29, 0.717) is 5.92 Å². The van der Waals surface area contributed by atoms with Crippen LogP contribution < -0.4 is 0 Å². The van der Waals surface area contributed by atoms with Gasteiger partial charge >= 0.3 is 0 Å². The Kier molecular flexibility index (Phi) is 4.68. The number of hydrogen-bond donors (Lipinski definition) is 0. The molecule has 138 valence electrons. The molecule has 0 heteroatoms. The second kappa shape index (κ2) is 7.00. The average molecular weight is 355 g/mol. The fourth-order valence-electron chi connectivity index (χ4n) is 5.00. The van der Waals surface area contributed by atoms with E-state index in [2.05, 4.69) is 83.1 Å². The van der Waals surface area contributed by atoms with Crippen molar-refractivity contribution in [2.75, 3.05) is 0 Å². The molecule has 1 aliphatic carbocycles. The van der Waals surface area contributed by atoms with E-state index < -0.39 is 0 Å². The first kappa shape index (κ1) is 18.0. The Hall–Kier alpha value is -2.34. The molecular weight excluding hydrogens is 324 g/mol. The molecule has 0 saturated heterocycles. The smallest absolute Gasteiger partial charge is 0.00752 e. The Labute approximate surface area is 164 Å². The zero-order valence-electron chi connectivity index (χ0n) is 17.3. The summed E-state index contributed by atoms with van der Waals surface area (Å²) in [5.41, 5.74) is 14.7. The van der Waals surface area contributed by atoms with E-state index in [1.807, 2.05) is 0 Å². The predicted octanol–water partition coefficient (Wildman–Crippen LogP) is 7.03. The van der Waals surface area contributed by atoms with E-state index in [0.717, 1.165) is 19.3 Å². The summed E-state index contributed by atoms with van der Waals surface area (Å²) < 4.78 is 0. The van der Waals surface area contributed by atoms with Gasteiger partial charge in [0.2, 0.25) is 0 Å². The summed E-state index contributed by atoms with van der Waals surface area (Å²) in [7, 11) is 0. The molecule has 0 aliphatic heterocycles. The van der Waals surface area contributed by atoms with Crippen molar-refractivity contribution in [2.24, 2.45) is 0 Å². The normalized spacial score (nSPS) is 15.8. The van der Waals surface area contributed by atoms with Crippen LogP contribution in [0.15, 0.2) is 48.5 Å². The van der Waals surface area contributed by atoms with E-state index in [1.54, 1.807) is 5.56 Å². The van der Waals surface area contributed by atoms with Crippen molar-refractivity contribution in [2.45, 2.75) is 59.8 Å². The minimum atomic E-state index is 0.541. The molecular formula is C27H30. The van der Waals surface area contributed by atoms with Crippen LogP contribution in [0.2, 0.25) is 0 Å². The molecule has 27 heavy (non-hydrogen) atoms. The van der Waals surface area contributed by atoms with E-state index in [1.165, 1.54) is 50.1 Å². The Bertz CT molecular complexity index is 1010. The lowest BCUT2D eigenvalue weighted by atomic mass is 9.81. The van der Waals surface area contributed by atoms with Crippen LogP contribution in [0.4, 0.5) is 0 Å². The Balaban J connectivity index is 1.92. The number of rotatable bonds is 2. The fraction of sp³-hybridized carbons (Fsp3) is 0.333. The van der Waals surface area contributed by atoms with E-state index in [4.69, 9.17) is 0 Å². The summed E-state index contributed by atoms with van der Waals surface area (Å²) in [6.07, 6.45) is 3.35. The number of aryl methyl sites for hydroxylation is 3. The minimum Gasteiger partial charge on any atom is -0.0620 e. The van der Waals surface area contributed by atoms with Gasteiger partial charge in [-0.15, -0.1) is 0 Å². The highest BCUT2D eigenvalue weighted by Gasteiger charge is 2.25. The fourth-order valence-corrected chi connectivity index (χ4v) is 5.00. The van der Waals surface area contributed by atoms with Gasteiger partial charge in [-0.25, -0.2) is 0 Å². The maximum atomic E-state index is 2.45. The van der Waals surface area contributed by atoms with Gasteiger partial charge in [0.15, 0.2) is 0 Å². The molecule has 0 saturated carbocycles. The Morgan fingerprint density at radius 2 is 1.44 bits per heavy atom. The molecule has 0 fully saturated rings. The molecule has 0 aromatic heterocycles. The molecule has 3 aromatic carbocycles. The van der Waals surface area contributed by atoms with E-state index >= 15 is 0 Å². The van der Waals surface area contributed by atoms with Crippen molar-refractivity contribution in [3.05, 3.63) is 93.0 Å². The molecule has 0 heterocycles. The topological polar surface area (TPSA) is 0 Å². The third-order valence-electron chi connectivity index (χ3n) is 6.64. The maximum absolute atomic E-state index is 2.45. The lowest BCUT2D eigenvalue weighted by Crippen LogP contribution is -2.11. The standard InChI is InChI=1S/C27H30/c1-6-21-11-12-26-23(14-21)16-24(15-22-9-7-8-10-25(22)26)27-18(3)13-17(2)19(4)20(27)5/h7-14,24H,6,15-16H2,1-5H3. The molecule has 0 nitrogen and oxygen atoms in total. The highest BCUT2D eigenvalue weighted by atomic mass is 14.3. The molecule has 0 N–H and O–H groups in total. The average Bonchev–Trinajstić information content (AvgIpc) is 2.82. The first-order chi connectivity index (χ1) is 13.0. The third-order valence-corrected chi connectivity index (χ3v) is 6.64. The van der Waals surface area contributed by atoms with Gasteiger partial charge in [0, 0.05) is 0 Å². The van der Waals surface area contributed by atoms with Gasteiger partial charge in [0.05, 0.1) is 0 Å². The van der Waals surface area contributed by atoms with Crippen LogP contribution in [0.1, 0.15) is 57.3 Å². The summed E-state index contributed by atoms with van der Waals surface area (Å²) in [6, 6.07) is 18.5. The zero-order chi connectivity index (χ0) is 19.1. The van der Waals surface area contributed by atoms with Crippen LogP contribution >= 0.6 is 0 Å². The van der Waals surface area contributed by atoms with Crippen molar-refractivity contribution in [3.63, 3.8) is 0 Å². The number of benzene rings is 3. The van der Waals surface area contributed by atoms with Crippen LogP contribution in [0.3, 0.4) is 0 Å². The van der Waals surface area contributed by atoms with E-state index in [-0.39, 0.29) is 0 Å². The van der Waals surface area contributed by atoms with Crippen molar-refractivity contribution < 1.29 is 0 Å². The SMILES string of the molecule is CCc1ccc2c(c1)CC(c1c(C)cc(C)c(C)c1C)Cc1ccccc1-2. The van der Waals surface area contributed by atoms with Crippen molar-refractivity contribution in [1.29, 1.82) is 0 Å². The van der Waals surface area contributed by atoms with Gasteiger partial charge in [0.1, 0.15) is 0 Å². The maximum Gasteiger partial charge on any atom is -0.00752 e. The lowest BCUT2D eigenvalue weighted by Gasteiger charge is -2.23. The molecule has 0 bridgehead atoms. The minimum absolute atomic E-state index is 0.541. The summed E-state index contributed by atoms with van der Waals surface area (Å²) in [6.45, 7) is 11.4. The first-order valence-corrected chi connectivity index (χ1v) is 10.3. The molecule has 0 amide bonds. The summed E-state index contributed by atoms with van der Waals surface area (Å²) in [4.78, 5) is 0. The molecule has 1 aliphatic rings. The highest BCUT2D eigenvalue weighted by molar-refractivity contribution is 5.73. The van der Waals surface area contributed by atoms with E-state index in [9.17, 15) is 0 Å². The zero-order valence-corrected chi connectivity index (χ0v) is 17.3. The van der Waals surface area contributed by atoms with Gasteiger partial charge < -0.3 is 0 Å². The highest BCUT2D eigenvalue weighted by Crippen LogP contribution is 2.41. The number of fused-ring (bicyclic) bond motifs is 3. The molecule has 3 aromatic rings. The monoisotopic (exact) mass is 354 g/mol. The molecule has 0 spiro atoms. The summed E-state index contributed by atoms with van der Waals surface area (Å²) >= 11 is 0. The largest absolute Gasteiger partial charge is 0.0620 e. The quantitative estimate of drug-likeness (QED) is 0.463. The molecule has 1 unspecified atom stereocenters. The van der Waals surface area contributed by atoms with Crippen LogP contribution in [0.5, 0.6) is 0 Å². The molecule has 4 rings (SSSR count). The van der Waals surface area contributed by atoms with Crippen LogP contribution in [-0.2, 0) is 19.3 Å². The number of hydrogen-bond acceptors (Lipinski definition) is 0. The van der Waals surface area contributed by atoms with Gasteiger partial charge in [-0.3, -0.25) is 0 Å². The Morgan fingerprint density at radius 3 is 2.22 bits per heavy atom. The van der Waals surface area contributed by atoms with Gasteiger partial charge in [-0.05, 0) is 109 Å². The van der Waals surface area contributed by atoms with Crippen LogP contribution in [-0.4, -0.2) is 0 Å². The van der Waals surface area contributed by atoms with Crippen LogP contribution in [0, 0.1) is 27.7 Å². The lowest BCUT2D eigenvalue weighted by molar-refractivity contribution is 0.677. The Morgan fingerprint density at radius 1 is 0.741 bits per heavy atom. The third kappa shape index (κ3) is 3.12. The van der Waals surface area contributed by atoms with Gasteiger partial charge in [-0.1, -0.05) is 55.5 Å². The molecule has 1 atom stereocenters.